The number of rotatable bonds is 9. The molecule has 0 saturated heterocycles. The number of nitrogens with one attached hydrogen (secondary N) is 2. The molecule has 6 nitrogen and oxygen atoms in total. The molecule has 0 saturated carbocycles. The molecule has 4 rings (SSSR count). The maximum atomic E-state index is 14.1. The number of pyridine rings is 1. The van der Waals surface area contributed by atoms with Gasteiger partial charge >= 0.3 is 6.18 Å². The van der Waals surface area contributed by atoms with E-state index in [2.05, 4.69) is 27.0 Å². The summed E-state index contributed by atoms with van der Waals surface area (Å²) in [4.78, 5) is 4.77. The number of likely N-dealkylation sites (N-methyl/N-ethyl adjacent to an activating group) is 1. The van der Waals surface area contributed by atoms with Gasteiger partial charge in [0.05, 0.1) is 33.9 Å². The Balaban J connectivity index is 2.00. The van der Waals surface area contributed by atoms with Crippen molar-refractivity contribution in [2.75, 3.05) is 24.3 Å². The van der Waals surface area contributed by atoms with Crippen LogP contribution in [0.2, 0.25) is 5.02 Å². The Morgan fingerprint density at radius 3 is 2.34 bits per heavy atom. The fourth-order valence-electron chi connectivity index (χ4n) is 4.57. The Labute approximate surface area is 264 Å². The van der Waals surface area contributed by atoms with Crippen LogP contribution in [0.15, 0.2) is 42.5 Å². The van der Waals surface area contributed by atoms with Crippen molar-refractivity contribution in [3.05, 3.63) is 76.1 Å². The van der Waals surface area contributed by atoms with Gasteiger partial charge in [-0.15, -0.1) is 0 Å². The van der Waals surface area contributed by atoms with Gasteiger partial charge in [-0.1, -0.05) is 29.6 Å². The summed E-state index contributed by atoms with van der Waals surface area (Å²) in [6.07, 6.45) is -1.25. The summed E-state index contributed by atoms with van der Waals surface area (Å²) in [7, 11) is 1.64. The number of hydrogen-bond donors (Lipinski definition) is 2. The van der Waals surface area contributed by atoms with Crippen molar-refractivity contribution >= 4 is 51.4 Å². The van der Waals surface area contributed by atoms with E-state index in [1.54, 1.807) is 57.7 Å². The van der Waals surface area contributed by atoms with Gasteiger partial charge < -0.3 is 14.6 Å². The lowest BCUT2D eigenvalue weighted by Gasteiger charge is -2.21. The van der Waals surface area contributed by atoms with Gasteiger partial charge in [-0.2, -0.15) is 18.3 Å². The predicted molar refractivity (Wildman–Crippen MR) is 168 cm³/mol. The minimum Gasteiger partial charge on any atom is -0.615 e. The number of anilines is 1. The molecular weight excluding hydrogens is 641 g/mol. The Hall–Kier alpha value is -3.02. The van der Waals surface area contributed by atoms with Crippen molar-refractivity contribution in [1.29, 1.82) is 0 Å². The van der Waals surface area contributed by atoms with Gasteiger partial charge in [-0.3, -0.25) is 4.68 Å². The average molecular weight is 670 g/mol. The van der Waals surface area contributed by atoms with E-state index in [0.29, 0.717) is 28.1 Å². The molecule has 4 aromatic rings. The van der Waals surface area contributed by atoms with E-state index in [4.69, 9.17) is 16.6 Å². The van der Waals surface area contributed by atoms with Crippen LogP contribution in [0, 0.1) is 23.5 Å². The molecule has 0 aliphatic heterocycles. The Morgan fingerprint density at radius 2 is 1.75 bits per heavy atom. The minimum atomic E-state index is -4.59. The summed E-state index contributed by atoms with van der Waals surface area (Å²) in [5.74, 6) is 4.59. The van der Waals surface area contributed by atoms with Crippen molar-refractivity contribution in [2.45, 2.75) is 43.8 Å². The molecule has 2 heterocycles. The Kier molecular flexibility index (Phi) is 10.4. The molecular formula is C30H29ClF5N5OS2. The van der Waals surface area contributed by atoms with Gasteiger partial charge in [0.2, 0.25) is 0 Å². The number of aromatic nitrogens is 3. The molecule has 0 aliphatic carbocycles. The van der Waals surface area contributed by atoms with Crippen molar-refractivity contribution < 1.29 is 26.5 Å². The van der Waals surface area contributed by atoms with E-state index < -0.39 is 46.3 Å². The molecule has 14 heteroatoms. The van der Waals surface area contributed by atoms with E-state index in [1.165, 1.54) is 12.1 Å². The summed E-state index contributed by atoms with van der Waals surface area (Å²) in [6, 6.07) is 8.96. The first-order valence-corrected chi connectivity index (χ1v) is 16.3. The third kappa shape index (κ3) is 7.79. The third-order valence-corrected chi connectivity index (χ3v) is 9.09. The SMILES string of the molecule is CNC(Cc1cc(F)cc(F)c1)c1nc(C#CC(C)(C)[S+](C)[O-])ccc1-c1ccc(Cl)c2c(NSC)nn(CC(F)(F)F)c12. The van der Waals surface area contributed by atoms with E-state index >= 15 is 0 Å². The summed E-state index contributed by atoms with van der Waals surface area (Å²) < 4.78 is 84.4. The van der Waals surface area contributed by atoms with Gasteiger partial charge in [-0.05, 0) is 86.2 Å². The first kappa shape index (κ1) is 33.9. The van der Waals surface area contributed by atoms with Gasteiger partial charge in [0.1, 0.15) is 23.9 Å². The maximum Gasteiger partial charge on any atom is 0.408 e. The van der Waals surface area contributed by atoms with Gasteiger partial charge in [0.15, 0.2) is 10.6 Å². The van der Waals surface area contributed by atoms with Crippen LogP contribution in [0.3, 0.4) is 0 Å². The summed E-state index contributed by atoms with van der Waals surface area (Å²) in [5.41, 5.74) is 1.93. The van der Waals surface area contributed by atoms with Crippen molar-refractivity contribution in [3.63, 3.8) is 0 Å². The lowest BCUT2D eigenvalue weighted by Crippen LogP contribution is -2.28. The molecule has 2 aromatic carbocycles. The van der Waals surface area contributed by atoms with Crippen LogP contribution in [0.1, 0.15) is 36.8 Å². The van der Waals surface area contributed by atoms with E-state index in [0.717, 1.165) is 22.7 Å². The van der Waals surface area contributed by atoms with Crippen LogP contribution in [0.5, 0.6) is 0 Å². The molecule has 2 atom stereocenters. The van der Waals surface area contributed by atoms with Crippen molar-refractivity contribution in [1.82, 2.24) is 20.1 Å². The topological polar surface area (TPSA) is 77.8 Å². The number of nitrogens with zero attached hydrogens (tertiary/aromatic N) is 3. The van der Waals surface area contributed by atoms with Crippen LogP contribution in [-0.4, -0.2) is 49.8 Å². The average Bonchev–Trinajstić information content (AvgIpc) is 3.27. The second-order valence-electron chi connectivity index (χ2n) is 10.4. The monoisotopic (exact) mass is 669 g/mol. The van der Waals surface area contributed by atoms with Crippen LogP contribution >= 0.6 is 23.5 Å². The second-order valence-corrected chi connectivity index (χ2v) is 13.4. The molecule has 0 fully saturated rings. The number of halogens is 6. The standard InChI is InChI=1S/C30H29ClF5N5OS2/c1-29(2,44(5)42)11-10-20-6-7-21(26(38-20)24(37-3)14-17-12-18(32)15-19(33)13-17)22-8-9-23(31)25-27(22)41(16-30(34,35)36)39-28(25)40-43-4/h6-9,12-13,15,24,37H,14,16H2,1-5H3,(H,39,40). The van der Waals surface area contributed by atoms with Gasteiger partial charge in [-0.25, -0.2) is 13.8 Å². The van der Waals surface area contributed by atoms with Crippen molar-refractivity contribution in [2.24, 2.45) is 0 Å². The molecule has 44 heavy (non-hydrogen) atoms. The highest BCUT2D eigenvalue weighted by molar-refractivity contribution is 7.99. The number of fused-ring (bicyclic) bond motifs is 1. The zero-order valence-corrected chi connectivity index (χ0v) is 26.8. The third-order valence-electron chi connectivity index (χ3n) is 6.84. The zero-order chi connectivity index (χ0) is 32.4. The summed E-state index contributed by atoms with van der Waals surface area (Å²) >= 11 is 6.40. The Bertz CT molecular complexity index is 1710. The maximum absolute atomic E-state index is 14.1. The fraction of sp³-hybridized carbons (Fsp3) is 0.333. The number of alkyl halides is 3. The van der Waals surface area contributed by atoms with Crippen LogP contribution in [-0.2, 0) is 24.1 Å². The van der Waals surface area contributed by atoms with E-state index in [9.17, 15) is 26.5 Å². The van der Waals surface area contributed by atoms with Crippen molar-refractivity contribution in [3.8, 4) is 23.0 Å². The summed E-state index contributed by atoms with van der Waals surface area (Å²) in [5, 5.41) is 7.80. The Morgan fingerprint density at radius 1 is 1.09 bits per heavy atom. The summed E-state index contributed by atoms with van der Waals surface area (Å²) in [6.45, 7) is 2.08. The molecule has 2 unspecified atom stereocenters. The van der Waals surface area contributed by atoms with Crippen LogP contribution in [0.4, 0.5) is 27.8 Å². The molecule has 234 valence electrons. The number of hydrogen-bond acceptors (Lipinski definition) is 6. The van der Waals surface area contributed by atoms with E-state index in [-0.39, 0.29) is 28.2 Å². The molecule has 2 N–H and O–H groups in total. The van der Waals surface area contributed by atoms with Gasteiger partial charge in [0, 0.05) is 23.4 Å². The minimum absolute atomic E-state index is 0.0877. The zero-order valence-electron chi connectivity index (χ0n) is 24.4. The lowest BCUT2D eigenvalue weighted by molar-refractivity contribution is -0.141. The quantitative estimate of drug-likeness (QED) is 0.0844. The van der Waals surface area contributed by atoms with Gasteiger partial charge in [0.25, 0.3) is 0 Å². The first-order valence-electron chi connectivity index (χ1n) is 13.2. The first-order chi connectivity index (χ1) is 20.6. The van der Waals surface area contributed by atoms with Crippen LogP contribution in [0.25, 0.3) is 22.0 Å². The predicted octanol–water partition coefficient (Wildman–Crippen LogP) is 7.29. The lowest BCUT2D eigenvalue weighted by atomic mass is 9.94. The van der Waals surface area contributed by atoms with E-state index in [1.807, 2.05) is 0 Å². The highest BCUT2D eigenvalue weighted by Crippen LogP contribution is 2.41. The molecule has 0 radical (unpaired) electrons. The highest BCUT2D eigenvalue weighted by atomic mass is 35.5. The second kappa shape index (κ2) is 13.5. The highest BCUT2D eigenvalue weighted by Gasteiger charge is 2.32. The largest absolute Gasteiger partial charge is 0.615 e. The normalized spacial score (nSPS) is 13.5. The molecule has 0 aliphatic rings. The number of benzene rings is 2. The smallest absolute Gasteiger partial charge is 0.408 e. The molecule has 0 spiro atoms. The molecule has 0 bridgehead atoms. The van der Waals surface area contributed by atoms with Crippen LogP contribution < -0.4 is 10.0 Å². The molecule has 0 amide bonds. The fourth-order valence-corrected chi connectivity index (χ4v) is 5.35. The molecule has 2 aromatic heterocycles.